The Morgan fingerprint density at radius 3 is 2.18 bits per heavy atom. The van der Waals surface area contributed by atoms with E-state index in [-0.39, 0.29) is 12.4 Å². The minimum absolute atomic E-state index is 0.104. The van der Waals surface area contributed by atoms with Crippen LogP contribution in [0, 0.1) is 0 Å². The third-order valence-electron chi connectivity index (χ3n) is 1.16. The number of carbonyl (C=O) groups is 1. The fraction of sp³-hybridized carbons (Fsp3) is 0.125. The van der Waals surface area contributed by atoms with E-state index in [1.165, 1.54) is 0 Å². The minimum atomic E-state index is -0.104. The molecule has 0 bridgehead atoms. The fourth-order valence-corrected chi connectivity index (χ4v) is 0.645. The van der Waals surface area contributed by atoms with Gasteiger partial charge in [-0.25, -0.2) is 0 Å². The molecule has 1 rings (SSSR count). The van der Waals surface area contributed by atoms with Crippen LogP contribution in [0.4, 0.5) is 0 Å². The molecule has 1 aromatic rings. The molecule has 0 atom stereocenters. The molecule has 1 aromatic carbocycles. The third-order valence-corrected chi connectivity index (χ3v) is 1.16. The Labute approximate surface area is 64.9 Å². The zero-order valence-corrected chi connectivity index (χ0v) is 6.03. The molecule has 2 N–H and O–H groups in total. The molecule has 3 nitrogen and oxygen atoms in total. The highest BCUT2D eigenvalue weighted by Crippen LogP contribution is 2.14. The van der Waals surface area contributed by atoms with Gasteiger partial charge < -0.3 is 15.0 Å². The average molecular weight is 154 g/mol. The molecular weight excluding hydrogens is 144 g/mol. The first-order chi connectivity index (χ1) is 5.34. The van der Waals surface area contributed by atoms with Gasteiger partial charge in [0.15, 0.2) is 0 Å². The van der Waals surface area contributed by atoms with Gasteiger partial charge in [0.1, 0.15) is 12.5 Å². The number of aliphatic hydroxyl groups is 1. The Balaban J connectivity index is 0.000000461. The van der Waals surface area contributed by atoms with Crippen LogP contribution in [-0.2, 0) is 11.4 Å². The number of phenols is 1. The molecule has 3 heteroatoms. The van der Waals surface area contributed by atoms with E-state index in [1.807, 2.05) is 6.79 Å². The molecule has 0 fully saturated rings. The predicted molar refractivity (Wildman–Crippen MR) is 41.2 cm³/mol. The maximum absolute atomic E-state index is 8.95. The molecule has 0 unspecified atom stereocenters. The Hall–Kier alpha value is -1.35. The third kappa shape index (κ3) is 2.82. The van der Waals surface area contributed by atoms with E-state index < -0.39 is 0 Å². The van der Waals surface area contributed by atoms with Crippen molar-refractivity contribution in [3.05, 3.63) is 29.8 Å². The van der Waals surface area contributed by atoms with Crippen LogP contribution in [-0.4, -0.2) is 17.0 Å². The number of rotatable bonds is 1. The molecule has 0 aromatic heterocycles. The van der Waals surface area contributed by atoms with Crippen molar-refractivity contribution < 1.29 is 15.0 Å². The first kappa shape index (κ1) is 9.65. The summed E-state index contributed by atoms with van der Waals surface area (Å²) in [4.78, 5) is 8.00. The van der Waals surface area contributed by atoms with Gasteiger partial charge in [0.05, 0.1) is 6.61 Å². The van der Waals surface area contributed by atoms with Crippen molar-refractivity contribution in [2.24, 2.45) is 0 Å². The number of hydrogen-bond acceptors (Lipinski definition) is 3. The largest absolute Gasteiger partial charge is 0.508 e. The Bertz CT molecular complexity index is 210. The number of hydrogen-bond donors (Lipinski definition) is 2. The van der Waals surface area contributed by atoms with Crippen LogP contribution in [0.15, 0.2) is 24.3 Å². The summed E-state index contributed by atoms with van der Waals surface area (Å²) < 4.78 is 0. The number of para-hydroxylation sites is 1. The number of benzene rings is 1. The Kier molecular flexibility index (Phi) is 4.77. The van der Waals surface area contributed by atoms with Gasteiger partial charge >= 0.3 is 0 Å². The summed E-state index contributed by atoms with van der Waals surface area (Å²) in [7, 11) is 0. The second kappa shape index (κ2) is 5.44. The summed E-state index contributed by atoms with van der Waals surface area (Å²) in [6, 6.07) is 6.71. The number of aliphatic hydroxyl groups excluding tert-OH is 1. The van der Waals surface area contributed by atoms with Crippen LogP contribution in [0.5, 0.6) is 5.75 Å². The second-order valence-electron chi connectivity index (χ2n) is 1.79. The van der Waals surface area contributed by atoms with Gasteiger partial charge in [-0.05, 0) is 6.07 Å². The number of aromatic hydroxyl groups is 1. The maximum atomic E-state index is 8.95. The molecule has 0 spiro atoms. The van der Waals surface area contributed by atoms with Gasteiger partial charge in [-0.15, -0.1) is 0 Å². The first-order valence-electron chi connectivity index (χ1n) is 3.01. The lowest BCUT2D eigenvalue weighted by molar-refractivity contribution is -0.0979. The van der Waals surface area contributed by atoms with E-state index in [0.717, 1.165) is 0 Å². The molecule has 0 amide bonds. The lowest BCUT2D eigenvalue weighted by atomic mass is 10.2. The molecule has 0 saturated heterocycles. The lowest BCUT2D eigenvalue weighted by Gasteiger charge is -1.96. The summed E-state index contributed by atoms with van der Waals surface area (Å²) in [5.74, 6) is 0.153. The quantitative estimate of drug-likeness (QED) is 0.626. The molecule has 0 aliphatic carbocycles. The van der Waals surface area contributed by atoms with Gasteiger partial charge in [0, 0.05) is 5.56 Å². The van der Waals surface area contributed by atoms with Gasteiger partial charge in [-0.3, -0.25) is 0 Å². The highest BCUT2D eigenvalue weighted by Gasteiger charge is 1.93. The highest BCUT2D eigenvalue weighted by molar-refractivity contribution is 5.30. The van der Waals surface area contributed by atoms with Crippen molar-refractivity contribution in [1.82, 2.24) is 0 Å². The normalized spacial score (nSPS) is 8.09. The number of carbonyl (C=O) groups excluding carboxylic acids is 1. The van der Waals surface area contributed by atoms with Crippen molar-refractivity contribution in [3.8, 4) is 5.75 Å². The lowest BCUT2D eigenvalue weighted by Crippen LogP contribution is -1.80. The van der Waals surface area contributed by atoms with Crippen molar-refractivity contribution >= 4 is 6.79 Å². The second-order valence-corrected chi connectivity index (χ2v) is 1.79. The summed E-state index contributed by atoms with van der Waals surface area (Å²) in [5, 5.41) is 17.5. The topological polar surface area (TPSA) is 57.5 Å². The Morgan fingerprint density at radius 2 is 1.82 bits per heavy atom. The minimum Gasteiger partial charge on any atom is -0.508 e. The smallest absolute Gasteiger partial charge is 0.121 e. The van der Waals surface area contributed by atoms with Gasteiger partial charge in [0.25, 0.3) is 0 Å². The van der Waals surface area contributed by atoms with E-state index in [1.54, 1.807) is 24.3 Å². The van der Waals surface area contributed by atoms with E-state index in [9.17, 15) is 0 Å². The van der Waals surface area contributed by atoms with Crippen LogP contribution in [0.2, 0.25) is 0 Å². The molecule has 0 radical (unpaired) electrons. The van der Waals surface area contributed by atoms with Gasteiger partial charge in [-0.2, -0.15) is 0 Å². The molecular formula is C8H10O3. The van der Waals surface area contributed by atoms with E-state index in [0.29, 0.717) is 5.56 Å². The van der Waals surface area contributed by atoms with Crippen LogP contribution in [0.1, 0.15) is 5.56 Å². The van der Waals surface area contributed by atoms with Crippen molar-refractivity contribution in [2.45, 2.75) is 6.61 Å². The maximum Gasteiger partial charge on any atom is 0.121 e. The molecule has 0 aliphatic rings. The summed E-state index contributed by atoms with van der Waals surface area (Å²) >= 11 is 0. The molecule has 0 heterocycles. The summed E-state index contributed by atoms with van der Waals surface area (Å²) in [6.07, 6.45) is 0. The standard InChI is InChI=1S/C7H8O2.CH2O/c8-5-6-3-1-2-4-7(6)9;1-2/h1-4,8-9H,5H2;1H2. The van der Waals surface area contributed by atoms with Crippen LogP contribution in [0.25, 0.3) is 0 Å². The van der Waals surface area contributed by atoms with Crippen LogP contribution in [0.3, 0.4) is 0 Å². The van der Waals surface area contributed by atoms with Gasteiger partial charge in [0.2, 0.25) is 0 Å². The predicted octanol–water partition coefficient (Wildman–Crippen LogP) is 0.700. The van der Waals surface area contributed by atoms with E-state index in [2.05, 4.69) is 0 Å². The van der Waals surface area contributed by atoms with Crippen molar-refractivity contribution in [2.75, 3.05) is 0 Å². The zero-order chi connectivity index (χ0) is 8.69. The van der Waals surface area contributed by atoms with E-state index >= 15 is 0 Å². The SMILES string of the molecule is C=O.OCc1ccccc1O. The van der Waals surface area contributed by atoms with Crippen LogP contribution < -0.4 is 0 Å². The van der Waals surface area contributed by atoms with Crippen molar-refractivity contribution in [3.63, 3.8) is 0 Å². The molecule has 60 valence electrons. The zero-order valence-electron chi connectivity index (χ0n) is 6.03. The first-order valence-corrected chi connectivity index (χ1v) is 3.01. The molecule has 11 heavy (non-hydrogen) atoms. The molecule has 0 saturated carbocycles. The summed E-state index contributed by atoms with van der Waals surface area (Å²) in [5.41, 5.74) is 0.567. The Morgan fingerprint density at radius 1 is 1.27 bits per heavy atom. The van der Waals surface area contributed by atoms with Gasteiger partial charge in [-0.1, -0.05) is 18.2 Å². The monoisotopic (exact) mass is 154 g/mol. The highest BCUT2D eigenvalue weighted by atomic mass is 16.3. The molecule has 0 aliphatic heterocycles. The fourth-order valence-electron chi connectivity index (χ4n) is 0.645. The van der Waals surface area contributed by atoms with Crippen LogP contribution >= 0.6 is 0 Å². The van der Waals surface area contributed by atoms with Crippen molar-refractivity contribution in [1.29, 1.82) is 0 Å². The summed E-state index contributed by atoms with van der Waals surface area (Å²) in [6.45, 7) is 1.90. The average Bonchev–Trinajstić information content (AvgIpc) is 2.09. The van der Waals surface area contributed by atoms with E-state index in [4.69, 9.17) is 15.0 Å².